The van der Waals surface area contributed by atoms with Crippen LogP contribution in [-0.4, -0.2) is 90.4 Å². The molecular formula is C12H16CdO12. The summed E-state index contributed by atoms with van der Waals surface area (Å²) in [7, 11) is 0. The number of aliphatic hydroxyl groups is 8. The minimum atomic E-state index is -1.42. The zero-order chi connectivity index (χ0) is 18.6. The molecule has 25 heavy (non-hydrogen) atoms. The first kappa shape index (κ1) is 23.4. The van der Waals surface area contributed by atoms with Crippen molar-refractivity contribution in [3.63, 3.8) is 0 Å². The predicted molar refractivity (Wildman–Crippen MR) is 70.5 cm³/mol. The third-order valence-electron chi connectivity index (χ3n) is 2.95. The van der Waals surface area contributed by atoms with Crippen molar-refractivity contribution in [3.8, 4) is 0 Å². The fourth-order valence-corrected chi connectivity index (χ4v) is 1.65. The number of carbonyl (C=O) groups is 2. The van der Waals surface area contributed by atoms with E-state index in [2.05, 4.69) is 9.47 Å². The molecule has 13 heteroatoms. The Hall–Kier alpha value is -1.62. The first-order valence-electron chi connectivity index (χ1n) is 6.39. The monoisotopic (exact) mass is 466 g/mol. The van der Waals surface area contributed by atoms with Crippen molar-refractivity contribution < 1.29 is 87.2 Å². The van der Waals surface area contributed by atoms with Gasteiger partial charge >= 0.3 is 11.9 Å². The summed E-state index contributed by atoms with van der Waals surface area (Å²) in [6, 6.07) is 0. The van der Waals surface area contributed by atoms with Crippen LogP contribution >= 0.6 is 0 Å². The summed E-state index contributed by atoms with van der Waals surface area (Å²) in [6.45, 7) is -1.34. The molecule has 8 N–H and O–H groups in total. The van der Waals surface area contributed by atoms with E-state index in [0.717, 1.165) is 0 Å². The van der Waals surface area contributed by atoms with Gasteiger partial charge in [0.05, 0.1) is 13.2 Å². The molecule has 2 heterocycles. The molecule has 0 aromatic carbocycles. The van der Waals surface area contributed by atoms with Crippen molar-refractivity contribution in [1.29, 1.82) is 0 Å². The fraction of sp³-hybridized carbons (Fsp3) is 0.500. The van der Waals surface area contributed by atoms with Crippen molar-refractivity contribution in [2.24, 2.45) is 0 Å². The molecule has 0 spiro atoms. The Balaban J connectivity index is 0.000000443. The Morgan fingerprint density at radius 2 is 1.04 bits per heavy atom. The average molecular weight is 465 g/mol. The maximum Gasteiger partial charge on any atom is 0.377 e. The number of esters is 2. The first-order valence-corrected chi connectivity index (χ1v) is 6.39. The molecule has 12 nitrogen and oxygen atoms in total. The van der Waals surface area contributed by atoms with Crippen molar-refractivity contribution in [2.75, 3.05) is 13.2 Å². The largest absolute Gasteiger partial charge is 0.505 e. The molecule has 2 aliphatic heterocycles. The molecule has 0 amide bonds. The fourth-order valence-electron chi connectivity index (χ4n) is 1.65. The molecule has 0 radical (unpaired) electrons. The quantitative estimate of drug-likeness (QED) is 0.156. The van der Waals surface area contributed by atoms with E-state index in [1.807, 2.05) is 0 Å². The number of cyclic esters (lactones) is 2. The summed E-state index contributed by atoms with van der Waals surface area (Å²) >= 11 is 0. The van der Waals surface area contributed by atoms with Gasteiger partial charge in [-0.2, -0.15) is 0 Å². The second-order valence-corrected chi connectivity index (χ2v) is 4.62. The number of rotatable bonds is 4. The number of aliphatic hydroxyl groups excluding tert-OH is 8. The molecule has 2 rings (SSSR count). The molecule has 0 bridgehead atoms. The number of carbonyl (C=O) groups excluding carboxylic acids is 2. The van der Waals surface area contributed by atoms with Gasteiger partial charge in [0.15, 0.2) is 23.7 Å². The van der Waals surface area contributed by atoms with Gasteiger partial charge in [-0.15, -0.1) is 0 Å². The Morgan fingerprint density at radius 3 is 1.20 bits per heavy atom. The van der Waals surface area contributed by atoms with Gasteiger partial charge < -0.3 is 50.3 Å². The van der Waals surface area contributed by atoms with E-state index in [4.69, 9.17) is 40.9 Å². The van der Waals surface area contributed by atoms with Gasteiger partial charge in [0, 0.05) is 27.3 Å². The molecule has 0 aromatic rings. The number of ether oxygens (including phenoxy) is 2. The van der Waals surface area contributed by atoms with Crippen molar-refractivity contribution in [2.45, 2.75) is 24.4 Å². The van der Waals surface area contributed by atoms with Crippen molar-refractivity contribution in [3.05, 3.63) is 23.0 Å². The number of hydrogen-bond acceptors (Lipinski definition) is 12. The van der Waals surface area contributed by atoms with Crippen LogP contribution in [0.5, 0.6) is 0 Å². The van der Waals surface area contributed by atoms with Gasteiger partial charge in [-0.25, -0.2) is 9.59 Å². The zero-order valence-electron chi connectivity index (χ0n) is 12.6. The van der Waals surface area contributed by atoms with Crippen molar-refractivity contribution >= 4 is 11.9 Å². The van der Waals surface area contributed by atoms with Crippen LogP contribution in [0.15, 0.2) is 23.0 Å². The van der Waals surface area contributed by atoms with Gasteiger partial charge in [0.2, 0.25) is 11.5 Å². The molecule has 4 atom stereocenters. The van der Waals surface area contributed by atoms with E-state index < -0.39 is 72.6 Å². The van der Waals surface area contributed by atoms with Crippen LogP contribution in [0, 0.1) is 0 Å². The molecule has 0 aliphatic carbocycles. The summed E-state index contributed by atoms with van der Waals surface area (Å²) in [5.41, 5.74) is 0. The molecule has 0 fully saturated rings. The third-order valence-corrected chi connectivity index (χ3v) is 2.95. The van der Waals surface area contributed by atoms with E-state index in [-0.39, 0.29) is 27.3 Å². The standard InChI is InChI=1S/2C6H8O6.Cd/c2*7-1-2(8)5-3(9)4(10)6(11)12-5;/h2*2,5,7-10H,1H2;/t2*2-,5+;/m00./s1. The van der Waals surface area contributed by atoms with E-state index in [0.29, 0.717) is 0 Å². The SMILES string of the molecule is O=C1O[C@H]([C@@H](O)CO)C(O)=C1O.O=C1O[C@H]([C@@H](O)CO)C(O)=C1O.[Cd]. The minimum absolute atomic E-state index is 0. The van der Waals surface area contributed by atoms with Crippen LogP contribution in [0.1, 0.15) is 0 Å². The molecule has 138 valence electrons. The molecule has 0 saturated heterocycles. The summed E-state index contributed by atoms with van der Waals surface area (Å²) in [4.78, 5) is 21.1. The molecular weight excluding hydrogens is 449 g/mol. The average Bonchev–Trinajstić information content (AvgIpc) is 2.98. The van der Waals surface area contributed by atoms with Crippen LogP contribution in [0.3, 0.4) is 0 Å². The van der Waals surface area contributed by atoms with Gasteiger partial charge in [0.25, 0.3) is 0 Å². The predicted octanol–water partition coefficient (Wildman–Crippen LogP) is -2.82. The second kappa shape index (κ2) is 9.76. The molecule has 0 saturated carbocycles. The maximum absolute atomic E-state index is 10.5. The Labute approximate surface area is 160 Å². The first-order chi connectivity index (χ1) is 11.1. The van der Waals surface area contributed by atoms with Crippen LogP contribution < -0.4 is 0 Å². The smallest absolute Gasteiger partial charge is 0.377 e. The molecule has 2 aliphatic rings. The third kappa shape index (κ3) is 5.18. The van der Waals surface area contributed by atoms with Gasteiger partial charge in [-0.1, -0.05) is 0 Å². The van der Waals surface area contributed by atoms with Crippen molar-refractivity contribution in [1.82, 2.24) is 0 Å². The van der Waals surface area contributed by atoms with Gasteiger partial charge in [-0.3, -0.25) is 0 Å². The van der Waals surface area contributed by atoms with Crippen LogP contribution in [0.2, 0.25) is 0 Å². The summed E-state index contributed by atoms with van der Waals surface area (Å²) in [6.07, 6.45) is -5.55. The number of hydrogen-bond donors (Lipinski definition) is 8. The Morgan fingerprint density at radius 1 is 0.760 bits per heavy atom. The molecule has 0 aromatic heterocycles. The normalized spacial score (nSPS) is 24.8. The maximum atomic E-state index is 10.5. The zero-order valence-corrected chi connectivity index (χ0v) is 16.7. The summed E-state index contributed by atoms with van der Waals surface area (Å²) in [5, 5.41) is 70.1. The van der Waals surface area contributed by atoms with Crippen LogP contribution in [-0.2, 0) is 46.4 Å². The van der Waals surface area contributed by atoms with E-state index in [1.165, 1.54) is 0 Å². The van der Waals surface area contributed by atoms with E-state index in [1.54, 1.807) is 0 Å². The minimum Gasteiger partial charge on any atom is -0.505 e. The topological polar surface area (TPSA) is 214 Å². The van der Waals surface area contributed by atoms with Crippen LogP contribution in [0.25, 0.3) is 0 Å². The Kier molecular flexibility index (Phi) is 9.13. The van der Waals surface area contributed by atoms with E-state index >= 15 is 0 Å². The molecule has 0 unspecified atom stereocenters. The summed E-state index contributed by atoms with van der Waals surface area (Å²) in [5.74, 6) is -5.56. The second-order valence-electron chi connectivity index (χ2n) is 4.62. The van der Waals surface area contributed by atoms with Gasteiger partial charge in [-0.05, 0) is 0 Å². The van der Waals surface area contributed by atoms with E-state index in [9.17, 15) is 9.59 Å². The van der Waals surface area contributed by atoms with Crippen LogP contribution in [0.4, 0.5) is 0 Å². The summed E-state index contributed by atoms with van der Waals surface area (Å²) < 4.78 is 8.63. The Bertz CT molecular complexity index is 520. The van der Waals surface area contributed by atoms with Gasteiger partial charge in [0.1, 0.15) is 12.2 Å².